The van der Waals surface area contributed by atoms with Gasteiger partial charge in [0.2, 0.25) is 5.88 Å². The first kappa shape index (κ1) is 33.6. The molecule has 0 aliphatic heterocycles. The number of aryl methyl sites for hydroxylation is 2. The fourth-order valence-electron chi connectivity index (χ4n) is 10.7. The molecule has 4 heteroatoms. The number of fused-ring (bicyclic) bond motifs is 5. The number of benzene rings is 5. The van der Waals surface area contributed by atoms with Crippen LogP contribution in [0.1, 0.15) is 61.1 Å². The summed E-state index contributed by atoms with van der Waals surface area (Å²) in [7, 11) is 0. The summed E-state index contributed by atoms with van der Waals surface area (Å²) in [5.41, 5.74) is 15.0. The fourth-order valence-corrected chi connectivity index (χ4v) is 10.7. The summed E-state index contributed by atoms with van der Waals surface area (Å²) < 4.78 is 9.06. The highest BCUT2D eigenvalue weighted by molar-refractivity contribution is 6.10. The quantitative estimate of drug-likeness (QED) is 0.178. The summed E-state index contributed by atoms with van der Waals surface area (Å²) in [6.07, 6.45) is 3.84. The van der Waals surface area contributed by atoms with Crippen molar-refractivity contribution in [2.75, 3.05) is 0 Å². The molecule has 270 valence electrons. The number of hydrogen-bond donors (Lipinski definition) is 0. The van der Waals surface area contributed by atoms with Crippen LogP contribution in [-0.2, 0) is 23.7 Å². The fraction of sp³-hybridized carbons (Fsp3) is 0.216. The van der Waals surface area contributed by atoms with Crippen LogP contribution in [0.4, 0.5) is 0 Å². The number of ether oxygens (including phenoxy) is 1. The van der Waals surface area contributed by atoms with Crippen molar-refractivity contribution >= 4 is 21.8 Å². The Hall–Kier alpha value is -6.00. The average Bonchev–Trinajstić information content (AvgIpc) is 3.79. The molecule has 8 aromatic rings. The topological polar surface area (TPSA) is 39.9 Å². The van der Waals surface area contributed by atoms with Crippen LogP contribution in [-0.4, -0.2) is 14.5 Å². The third-order valence-electron chi connectivity index (χ3n) is 13.5. The van der Waals surface area contributed by atoms with Gasteiger partial charge in [-0.15, -0.1) is 0 Å². The largest absolute Gasteiger partial charge is 0.439 e. The molecule has 0 N–H and O–H groups in total. The minimum Gasteiger partial charge on any atom is -0.439 e. The van der Waals surface area contributed by atoms with E-state index in [1.807, 2.05) is 24.4 Å². The van der Waals surface area contributed by atoms with E-state index in [9.17, 15) is 0 Å². The Kier molecular flexibility index (Phi) is 7.32. The molecule has 0 amide bonds. The predicted octanol–water partition coefficient (Wildman–Crippen LogP) is 12.7. The zero-order valence-electron chi connectivity index (χ0n) is 32.4. The molecule has 2 aliphatic carbocycles. The van der Waals surface area contributed by atoms with Crippen LogP contribution in [0.25, 0.3) is 50.0 Å². The van der Waals surface area contributed by atoms with E-state index < -0.39 is 0 Å². The molecule has 3 heterocycles. The van der Waals surface area contributed by atoms with Gasteiger partial charge in [0.1, 0.15) is 11.6 Å². The highest BCUT2D eigenvalue weighted by atomic mass is 16.5. The molecule has 5 aromatic carbocycles. The Morgan fingerprint density at radius 1 is 0.618 bits per heavy atom. The van der Waals surface area contributed by atoms with Crippen LogP contribution < -0.4 is 4.74 Å². The lowest BCUT2D eigenvalue weighted by Gasteiger charge is -2.48. The molecular weight excluding hydrogens is 671 g/mol. The number of nitrogens with zero attached hydrogens (tertiary/aromatic N) is 3. The van der Waals surface area contributed by atoms with Crippen molar-refractivity contribution in [3.63, 3.8) is 0 Å². The molecule has 0 atom stereocenters. The maximum Gasteiger partial charge on any atom is 0.221 e. The SMILES string of the molecule is Cc1cccc(C)c1-c1ccc2c(c1)c1ccccc1n2-c1cccc(Oc2cc3c(c(-c4ccccn4)c2)CC2(C3)C(C)(C)c3ccccc3C2(C)C)n1. The smallest absolute Gasteiger partial charge is 0.221 e. The first-order valence-electron chi connectivity index (χ1n) is 19.5. The zero-order chi connectivity index (χ0) is 37.7. The summed E-state index contributed by atoms with van der Waals surface area (Å²) in [5.74, 6) is 2.16. The molecule has 4 nitrogen and oxygen atoms in total. The van der Waals surface area contributed by atoms with Gasteiger partial charge in [0, 0.05) is 28.6 Å². The van der Waals surface area contributed by atoms with Crippen molar-refractivity contribution < 1.29 is 4.74 Å². The van der Waals surface area contributed by atoms with Gasteiger partial charge in [-0.2, -0.15) is 4.98 Å². The van der Waals surface area contributed by atoms with Crippen molar-refractivity contribution in [1.29, 1.82) is 0 Å². The second-order valence-electron chi connectivity index (χ2n) is 16.8. The summed E-state index contributed by atoms with van der Waals surface area (Å²) in [6, 6.07) is 47.8. The minimum absolute atomic E-state index is 0.000640. The summed E-state index contributed by atoms with van der Waals surface area (Å²) >= 11 is 0. The van der Waals surface area contributed by atoms with Crippen LogP contribution >= 0.6 is 0 Å². The van der Waals surface area contributed by atoms with Gasteiger partial charge in [-0.3, -0.25) is 9.55 Å². The number of rotatable bonds is 5. The molecule has 10 rings (SSSR count). The van der Waals surface area contributed by atoms with Crippen LogP contribution in [0.2, 0.25) is 0 Å². The lowest BCUT2D eigenvalue weighted by Crippen LogP contribution is -2.48. The van der Waals surface area contributed by atoms with Crippen molar-refractivity contribution in [1.82, 2.24) is 14.5 Å². The van der Waals surface area contributed by atoms with E-state index in [1.165, 1.54) is 55.3 Å². The maximum atomic E-state index is 6.80. The normalized spacial score (nSPS) is 16.1. The molecule has 0 radical (unpaired) electrons. The highest BCUT2D eigenvalue weighted by Gasteiger charge is 2.64. The lowest BCUT2D eigenvalue weighted by molar-refractivity contribution is 0.0889. The molecule has 2 aliphatic rings. The maximum absolute atomic E-state index is 6.80. The number of aromatic nitrogens is 3. The van der Waals surface area contributed by atoms with Crippen LogP contribution in [0.3, 0.4) is 0 Å². The standard InChI is InChI=1S/C51H45N3O/c1-32-15-13-16-33(2)48(32)34-24-25-45-39(28-34)37-17-7-10-21-44(37)54(45)46-22-14-23-47(53-46)55-36-27-35-30-51(31-40(35)38(29-36)43-20-11-12-26-52-43)49(3,4)41-18-8-9-19-42(41)50(51,5)6/h7-29H,30-31H2,1-6H3. The molecule has 0 fully saturated rings. The minimum atomic E-state index is -0.0216. The number of pyridine rings is 2. The first-order chi connectivity index (χ1) is 26.6. The molecule has 55 heavy (non-hydrogen) atoms. The summed E-state index contributed by atoms with van der Waals surface area (Å²) in [4.78, 5) is 10.1. The van der Waals surface area contributed by atoms with E-state index in [0.717, 1.165) is 46.7 Å². The predicted molar refractivity (Wildman–Crippen MR) is 226 cm³/mol. The summed E-state index contributed by atoms with van der Waals surface area (Å²) in [5, 5.41) is 2.41. The van der Waals surface area contributed by atoms with Crippen LogP contribution in [0, 0.1) is 19.3 Å². The van der Waals surface area contributed by atoms with Crippen molar-refractivity contribution in [3.05, 3.63) is 173 Å². The monoisotopic (exact) mass is 715 g/mol. The van der Waals surface area contributed by atoms with Gasteiger partial charge in [-0.1, -0.05) is 107 Å². The Balaban J connectivity index is 1.07. The third-order valence-corrected chi connectivity index (χ3v) is 13.5. The molecule has 1 spiro atoms. The second-order valence-corrected chi connectivity index (χ2v) is 16.8. The Morgan fingerprint density at radius 3 is 2.05 bits per heavy atom. The molecule has 0 saturated carbocycles. The van der Waals surface area contributed by atoms with Gasteiger partial charge >= 0.3 is 0 Å². The van der Waals surface area contributed by atoms with E-state index in [4.69, 9.17) is 14.7 Å². The van der Waals surface area contributed by atoms with E-state index in [-0.39, 0.29) is 16.2 Å². The van der Waals surface area contributed by atoms with Gasteiger partial charge in [0.15, 0.2) is 0 Å². The van der Waals surface area contributed by atoms with Gasteiger partial charge in [-0.05, 0) is 136 Å². The summed E-state index contributed by atoms with van der Waals surface area (Å²) in [6.45, 7) is 14.2. The van der Waals surface area contributed by atoms with Crippen LogP contribution in [0.5, 0.6) is 11.6 Å². The highest BCUT2D eigenvalue weighted by Crippen LogP contribution is 2.67. The molecular formula is C51H45N3O. The number of hydrogen-bond acceptors (Lipinski definition) is 3. The molecule has 3 aromatic heterocycles. The Labute approximate surface area is 323 Å². The average molecular weight is 716 g/mol. The first-order valence-corrected chi connectivity index (χ1v) is 19.5. The van der Waals surface area contributed by atoms with E-state index >= 15 is 0 Å². The van der Waals surface area contributed by atoms with Gasteiger partial charge in [0.05, 0.1) is 16.7 Å². The van der Waals surface area contributed by atoms with Crippen molar-refractivity contribution in [2.24, 2.45) is 5.41 Å². The molecule has 0 unspecified atom stereocenters. The van der Waals surface area contributed by atoms with E-state index in [1.54, 1.807) is 0 Å². The number of para-hydroxylation sites is 1. The lowest BCUT2D eigenvalue weighted by atomic mass is 9.55. The van der Waals surface area contributed by atoms with Crippen molar-refractivity contribution in [2.45, 2.75) is 65.2 Å². The third kappa shape index (κ3) is 4.83. The van der Waals surface area contributed by atoms with Gasteiger partial charge in [-0.25, -0.2) is 0 Å². The van der Waals surface area contributed by atoms with Gasteiger partial charge < -0.3 is 4.74 Å². The molecule has 0 saturated heterocycles. The van der Waals surface area contributed by atoms with E-state index in [0.29, 0.717) is 5.88 Å². The van der Waals surface area contributed by atoms with Crippen molar-refractivity contribution in [3.8, 4) is 39.8 Å². The zero-order valence-corrected chi connectivity index (χ0v) is 32.4. The second kappa shape index (κ2) is 12.0. The molecule has 0 bridgehead atoms. The van der Waals surface area contributed by atoms with E-state index in [2.05, 4.69) is 161 Å². The Morgan fingerprint density at radius 2 is 1.31 bits per heavy atom. The van der Waals surface area contributed by atoms with Gasteiger partial charge in [0.25, 0.3) is 0 Å². The van der Waals surface area contributed by atoms with Crippen LogP contribution in [0.15, 0.2) is 140 Å². The Bertz CT molecular complexity index is 2770.